The Hall–Kier alpha value is -3.35. The maximum absolute atomic E-state index is 12.6. The van der Waals surface area contributed by atoms with Gasteiger partial charge in [-0.3, -0.25) is 9.59 Å². The lowest BCUT2D eigenvalue weighted by atomic mass is 9.85. The number of fused-ring (bicyclic) bond motifs is 3. The van der Waals surface area contributed by atoms with Gasteiger partial charge in [-0.1, -0.05) is 61.9 Å². The Labute approximate surface area is 199 Å². The number of amides is 2. The van der Waals surface area contributed by atoms with Crippen molar-refractivity contribution in [2.45, 2.75) is 64.0 Å². The van der Waals surface area contributed by atoms with Gasteiger partial charge in [-0.05, 0) is 48.4 Å². The highest BCUT2D eigenvalue weighted by molar-refractivity contribution is 5.81. The Morgan fingerprint density at radius 3 is 2.29 bits per heavy atom. The van der Waals surface area contributed by atoms with Crippen molar-refractivity contribution >= 4 is 18.0 Å². The molecule has 3 N–H and O–H groups in total. The Morgan fingerprint density at radius 2 is 1.71 bits per heavy atom. The van der Waals surface area contributed by atoms with Gasteiger partial charge in [0.1, 0.15) is 6.61 Å². The van der Waals surface area contributed by atoms with Crippen molar-refractivity contribution < 1.29 is 24.2 Å². The Bertz CT molecular complexity index is 1040. The van der Waals surface area contributed by atoms with Gasteiger partial charge >= 0.3 is 12.1 Å². The van der Waals surface area contributed by atoms with Crippen LogP contribution in [0.3, 0.4) is 0 Å². The number of alkyl carbamates (subject to hydrolysis) is 1. The average molecular weight is 465 g/mol. The van der Waals surface area contributed by atoms with Crippen LogP contribution < -0.4 is 10.6 Å². The Morgan fingerprint density at radius 1 is 1.09 bits per heavy atom. The molecule has 34 heavy (non-hydrogen) atoms. The Balaban J connectivity index is 1.32. The molecule has 0 saturated heterocycles. The van der Waals surface area contributed by atoms with Gasteiger partial charge in [0, 0.05) is 24.4 Å². The molecule has 2 aromatic rings. The molecular formula is C27H32N2O5. The maximum Gasteiger partial charge on any atom is 0.407 e. The van der Waals surface area contributed by atoms with Gasteiger partial charge in [0.25, 0.3) is 0 Å². The van der Waals surface area contributed by atoms with E-state index in [2.05, 4.69) is 34.9 Å². The zero-order valence-corrected chi connectivity index (χ0v) is 19.7. The smallest absolute Gasteiger partial charge is 0.407 e. The number of hydrogen-bond donors (Lipinski definition) is 3. The minimum Gasteiger partial charge on any atom is -0.481 e. The molecule has 0 spiro atoms. The van der Waals surface area contributed by atoms with Crippen molar-refractivity contribution in [1.29, 1.82) is 0 Å². The van der Waals surface area contributed by atoms with Crippen molar-refractivity contribution in [3.63, 3.8) is 0 Å². The molecule has 3 unspecified atom stereocenters. The predicted molar refractivity (Wildman–Crippen MR) is 128 cm³/mol. The number of rotatable bonds is 8. The average Bonchev–Trinajstić information content (AvgIpc) is 3.36. The number of hydrogen-bond acceptors (Lipinski definition) is 4. The highest BCUT2D eigenvalue weighted by Gasteiger charge is 2.46. The first-order valence-electron chi connectivity index (χ1n) is 12.0. The molecule has 0 aromatic heterocycles. The number of carboxylic acids is 1. The molecule has 180 valence electrons. The van der Waals surface area contributed by atoms with Crippen LogP contribution in [0.15, 0.2) is 48.5 Å². The van der Waals surface area contributed by atoms with Crippen LogP contribution in [0.5, 0.6) is 0 Å². The third kappa shape index (κ3) is 4.65. The van der Waals surface area contributed by atoms with Crippen LogP contribution in [0, 0.1) is 5.41 Å². The fourth-order valence-electron chi connectivity index (χ4n) is 5.23. The van der Waals surface area contributed by atoms with E-state index in [1.54, 1.807) is 6.92 Å². The summed E-state index contributed by atoms with van der Waals surface area (Å²) in [6.45, 7) is 3.78. The number of carboxylic acid groups (broad SMARTS) is 1. The molecule has 0 aliphatic heterocycles. The highest BCUT2D eigenvalue weighted by Crippen LogP contribution is 2.44. The van der Waals surface area contributed by atoms with E-state index in [4.69, 9.17) is 4.74 Å². The summed E-state index contributed by atoms with van der Waals surface area (Å²) in [4.78, 5) is 36.8. The Kier molecular flexibility index (Phi) is 6.91. The van der Waals surface area contributed by atoms with Gasteiger partial charge in [0.05, 0.1) is 5.41 Å². The number of aliphatic carboxylic acids is 1. The number of carbonyl (C=O) groups excluding carboxylic acids is 2. The molecule has 2 aliphatic rings. The fraction of sp³-hybridized carbons (Fsp3) is 0.444. The summed E-state index contributed by atoms with van der Waals surface area (Å²) in [5, 5.41) is 15.2. The van der Waals surface area contributed by atoms with Crippen LogP contribution in [0.4, 0.5) is 4.79 Å². The van der Waals surface area contributed by atoms with Crippen LogP contribution >= 0.6 is 0 Å². The van der Waals surface area contributed by atoms with Crippen molar-refractivity contribution in [3.8, 4) is 11.1 Å². The van der Waals surface area contributed by atoms with E-state index in [0.29, 0.717) is 19.3 Å². The summed E-state index contributed by atoms with van der Waals surface area (Å²) in [5.74, 6) is -1.18. The molecule has 2 aromatic carbocycles. The van der Waals surface area contributed by atoms with Crippen LogP contribution in [-0.4, -0.2) is 41.8 Å². The second-order valence-corrected chi connectivity index (χ2v) is 9.51. The molecular weight excluding hydrogens is 432 g/mol. The lowest BCUT2D eigenvalue weighted by Gasteiger charge is -2.28. The minimum absolute atomic E-state index is 0.0300. The SMILES string of the molecule is CCC(CC(=O)NC1CCCC1(C)C(=O)O)NC(=O)OCC1c2ccccc2-c2ccccc21. The quantitative estimate of drug-likeness (QED) is 0.535. The van der Waals surface area contributed by atoms with Gasteiger partial charge in [-0.2, -0.15) is 0 Å². The summed E-state index contributed by atoms with van der Waals surface area (Å²) >= 11 is 0. The largest absolute Gasteiger partial charge is 0.481 e. The van der Waals surface area contributed by atoms with Gasteiger partial charge in [-0.15, -0.1) is 0 Å². The van der Waals surface area contributed by atoms with E-state index >= 15 is 0 Å². The first-order valence-corrected chi connectivity index (χ1v) is 12.0. The number of benzene rings is 2. The molecule has 0 heterocycles. The van der Waals surface area contributed by atoms with Gasteiger partial charge in [-0.25, -0.2) is 4.79 Å². The second-order valence-electron chi connectivity index (χ2n) is 9.51. The van der Waals surface area contributed by atoms with Crippen LogP contribution in [-0.2, 0) is 14.3 Å². The molecule has 2 aliphatic carbocycles. The molecule has 0 radical (unpaired) electrons. The van der Waals surface area contributed by atoms with Crippen molar-refractivity contribution in [3.05, 3.63) is 59.7 Å². The minimum atomic E-state index is -0.947. The van der Waals surface area contributed by atoms with E-state index < -0.39 is 29.6 Å². The van der Waals surface area contributed by atoms with Crippen molar-refractivity contribution in [1.82, 2.24) is 10.6 Å². The summed E-state index contributed by atoms with van der Waals surface area (Å²) in [6.07, 6.45) is 2.03. The summed E-state index contributed by atoms with van der Waals surface area (Å²) in [7, 11) is 0. The zero-order chi connectivity index (χ0) is 24.3. The summed E-state index contributed by atoms with van der Waals surface area (Å²) in [6, 6.07) is 15.5. The number of nitrogens with one attached hydrogen (secondary N) is 2. The van der Waals surface area contributed by atoms with Crippen LogP contribution in [0.2, 0.25) is 0 Å². The first-order chi connectivity index (χ1) is 16.3. The van der Waals surface area contributed by atoms with E-state index in [1.165, 1.54) is 0 Å². The number of carbonyl (C=O) groups is 3. The molecule has 3 atom stereocenters. The van der Waals surface area contributed by atoms with Gasteiger partial charge in [0.15, 0.2) is 0 Å². The zero-order valence-electron chi connectivity index (χ0n) is 19.7. The predicted octanol–water partition coefficient (Wildman–Crippen LogP) is 4.45. The van der Waals surface area contributed by atoms with Crippen molar-refractivity contribution in [2.24, 2.45) is 5.41 Å². The maximum atomic E-state index is 12.6. The first kappa shape index (κ1) is 23.8. The van der Waals surface area contributed by atoms with E-state index in [-0.39, 0.29) is 24.9 Å². The molecule has 1 fully saturated rings. The van der Waals surface area contributed by atoms with Gasteiger partial charge in [0.2, 0.25) is 5.91 Å². The second kappa shape index (κ2) is 9.87. The standard InChI is InChI=1S/C27H32N2O5/c1-3-17(15-24(30)29-23-13-8-14-27(23,2)25(31)32)28-26(33)34-16-22-20-11-6-4-9-18(20)19-10-5-7-12-21(19)22/h4-7,9-12,17,22-23H,3,8,13-16H2,1-2H3,(H,28,33)(H,29,30)(H,31,32). The molecule has 2 amide bonds. The lowest BCUT2D eigenvalue weighted by molar-refractivity contribution is -0.149. The highest BCUT2D eigenvalue weighted by atomic mass is 16.5. The lowest BCUT2D eigenvalue weighted by Crippen LogP contribution is -2.48. The third-order valence-electron chi connectivity index (χ3n) is 7.37. The molecule has 7 nitrogen and oxygen atoms in total. The van der Waals surface area contributed by atoms with Crippen molar-refractivity contribution in [2.75, 3.05) is 6.61 Å². The molecule has 4 rings (SSSR count). The fourth-order valence-corrected chi connectivity index (χ4v) is 5.23. The van der Waals surface area contributed by atoms with E-state index in [9.17, 15) is 19.5 Å². The van der Waals surface area contributed by atoms with Crippen LogP contribution in [0.25, 0.3) is 11.1 Å². The summed E-state index contributed by atoms with van der Waals surface area (Å²) < 4.78 is 5.59. The third-order valence-corrected chi connectivity index (χ3v) is 7.37. The molecule has 0 bridgehead atoms. The number of ether oxygens (including phenoxy) is 1. The normalized spacial score (nSPS) is 21.9. The van der Waals surface area contributed by atoms with E-state index in [1.807, 2.05) is 31.2 Å². The van der Waals surface area contributed by atoms with Crippen LogP contribution in [0.1, 0.15) is 63.0 Å². The molecule has 1 saturated carbocycles. The topological polar surface area (TPSA) is 105 Å². The molecule has 7 heteroatoms. The monoisotopic (exact) mass is 464 g/mol. The van der Waals surface area contributed by atoms with E-state index in [0.717, 1.165) is 28.7 Å². The van der Waals surface area contributed by atoms with Gasteiger partial charge < -0.3 is 20.5 Å². The summed E-state index contributed by atoms with van der Waals surface area (Å²) in [5.41, 5.74) is 3.66.